The molecule has 6 nitrogen and oxygen atoms in total. The van der Waals surface area contributed by atoms with Gasteiger partial charge in [0.1, 0.15) is 0 Å². The molecule has 1 aromatic rings. The van der Waals surface area contributed by atoms with Gasteiger partial charge in [0.25, 0.3) is 5.91 Å². The van der Waals surface area contributed by atoms with Crippen LogP contribution in [0.4, 0.5) is 5.69 Å². The number of halogens is 1. The molecule has 0 saturated carbocycles. The molecule has 1 aliphatic heterocycles. The van der Waals surface area contributed by atoms with Gasteiger partial charge in [0, 0.05) is 18.9 Å². The number of hydrogen-bond acceptors (Lipinski definition) is 6. The van der Waals surface area contributed by atoms with Gasteiger partial charge >= 0.3 is 0 Å². The van der Waals surface area contributed by atoms with Gasteiger partial charge in [0.05, 0.1) is 11.7 Å². The number of carbonyl (C=O) groups is 1. The van der Waals surface area contributed by atoms with Crippen molar-refractivity contribution in [3.63, 3.8) is 0 Å². The van der Waals surface area contributed by atoms with Crippen molar-refractivity contribution < 1.29 is 14.3 Å². The number of rotatable bonds is 5. The van der Waals surface area contributed by atoms with Gasteiger partial charge in [-0.25, -0.2) is 0 Å². The molecule has 1 aromatic carbocycles. The fourth-order valence-electron chi connectivity index (χ4n) is 1.66. The lowest BCUT2D eigenvalue weighted by molar-refractivity contribution is -0.121. The number of amides is 1. The first-order chi connectivity index (χ1) is 9.11. The van der Waals surface area contributed by atoms with Crippen molar-refractivity contribution in [1.82, 2.24) is 5.43 Å². The number of benzene rings is 1. The number of nitrogens with zero attached hydrogens (tertiary/aromatic N) is 1. The van der Waals surface area contributed by atoms with E-state index in [-0.39, 0.29) is 25.1 Å². The van der Waals surface area contributed by atoms with Gasteiger partial charge in [-0.1, -0.05) is 0 Å². The van der Waals surface area contributed by atoms with Crippen LogP contribution in [-0.4, -0.2) is 37.8 Å². The van der Waals surface area contributed by atoms with Crippen LogP contribution in [0.15, 0.2) is 18.2 Å². The summed E-state index contributed by atoms with van der Waals surface area (Å²) < 4.78 is 10.5. The van der Waals surface area contributed by atoms with Gasteiger partial charge in [-0.15, -0.1) is 12.4 Å². The lowest BCUT2D eigenvalue weighted by Gasteiger charge is -2.22. The molecule has 3 N–H and O–H groups in total. The number of anilines is 1. The maximum atomic E-state index is 11.8. The number of ether oxygens (including phenoxy) is 2. The molecule has 1 aliphatic rings. The third-order valence-corrected chi connectivity index (χ3v) is 3.40. The molecule has 1 atom stereocenters. The summed E-state index contributed by atoms with van der Waals surface area (Å²) in [7, 11) is 1.75. The average molecular weight is 320 g/mol. The van der Waals surface area contributed by atoms with E-state index >= 15 is 0 Å². The molecular formula is C12H18ClN3O3S. The third-order valence-electron chi connectivity index (χ3n) is 2.70. The second-order valence-electron chi connectivity index (χ2n) is 4.13. The topological polar surface area (TPSA) is 76.8 Å². The Labute approximate surface area is 128 Å². The molecule has 0 bridgehead atoms. The first-order valence-corrected chi connectivity index (χ1v) is 7.19. The molecule has 0 aliphatic carbocycles. The zero-order chi connectivity index (χ0) is 13.8. The van der Waals surface area contributed by atoms with Crippen molar-refractivity contribution in [3.05, 3.63) is 18.2 Å². The summed E-state index contributed by atoms with van der Waals surface area (Å²) in [6.07, 6.45) is 1.91. The lowest BCUT2D eigenvalue weighted by atomic mass is 10.3. The maximum absolute atomic E-state index is 11.8. The third kappa shape index (κ3) is 3.84. The first-order valence-electron chi connectivity index (χ1n) is 5.80. The Morgan fingerprint density at radius 1 is 1.50 bits per heavy atom. The predicted molar refractivity (Wildman–Crippen MR) is 82.7 cm³/mol. The van der Waals surface area contributed by atoms with Gasteiger partial charge in [-0.05, 0) is 18.4 Å². The number of hydrogen-bond donors (Lipinski definition) is 2. The predicted octanol–water partition coefficient (Wildman–Crippen LogP) is 0.995. The summed E-state index contributed by atoms with van der Waals surface area (Å²) in [5.41, 5.74) is 9.27. The Kier molecular flexibility index (Phi) is 6.25. The average Bonchev–Trinajstić information content (AvgIpc) is 2.85. The van der Waals surface area contributed by atoms with Crippen LogP contribution in [0.5, 0.6) is 11.5 Å². The number of nitrogens with two attached hydrogens (primary N) is 1. The monoisotopic (exact) mass is 319 g/mol. The van der Waals surface area contributed by atoms with E-state index in [0.29, 0.717) is 17.3 Å². The van der Waals surface area contributed by atoms with Gasteiger partial charge in [-0.2, -0.15) is 11.8 Å². The molecule has 112 valence electrons. The fraction of sp³-hybridized carbons (Fsp3) is 0.417. The van der Waals surface area contributed by atoms with Gasteiger partial charge in [0.2, 0.25) is 6.79 Å². The molecule has 8 heteroatoms. The molecule has 1 amide bonds. The van der Waals surface area contributed by atoms with E-state index in [0.717, 1.165) is 5.69 Å². The molecule has 1 heterocycles. The lowest BCUT2D eigenvalue weighted by Crippen LogP contribution is -2.49. The normalized spacial score (nSPS) is 13.3. The van der Waals surface area contributed by atoms with Gasteiger partial charge in [-0.3, -0.25) is 15.2 Å². The zero-order valence-electron chi connectivity index (χ0n) is 11.3. The molecule has 0 spiro atoms. The van der Waals surface area contributed by atoms with E-state index in [4.69, 9.17) is 15.2 Å². The molecule has 0 saturated heterocycles. The molecule has 2 rings (SSSR count). The summed E-state index contributed by atoms with van der Waals surface area (Å²) in [6.45, 7) is 0.230. The summed E-state index contributed by atoms with van der Waals surface area (Å²) in [5.74, 6) is 1.75. The summed E-state index contributed by atoms with van der Waals surface area (Å²) >= 11 is 1.54. The second kappa shape index (κ2) is 7.47. The fourth-order valence-corrected chi connectivity index (χ4v) is 2.17. The molecule has 0 radical (unpaired) electrons. The van der Waals surface area contributed by atoms with Crippen molar-refractivity contribution in [1.29, 1.82) is 0 Å². The minimum atomic E-state index is -0.522. The minimum absolute atomic E-state index is 0. The Bertz CT molecular complexity index is 475. The van der Waals surface area contributed by atoms with Crippen LogP contribution in [0.3, 0.4) is 0 Å². The Balaban J connectivity index is 0.00000200. The Morgan fingerprint density at radius 3 is 2.90 bits per heavy atom. The highest BCUT2D eigenvalue weighted by atomic mass is 35.5. The SMILES string of the molecule is CSC[C@H](N)C(=O)NN(C)c1ccc2c(c1)OCO2.Cl. The first kappa shape index (κ1) is 16.7. The van der Waals surface area contributed by atoms with Crippen LogP contribution >= 0.6 is 24.2 Å². The van der Waals surface area contributed by atoms with E-state index in [9.17, 15) is 4.79 Å². The van der Waals surface area contributed by atoms with Crippen molar-refractivity contribution >= 4 is 35.8 Å². The van der Waals surface area contributed by atoms with Crippen molar-refractivity contribution in [2.24, 2.45) is 5.73 Å². The van der Waals surface area contributed by atoms with Crippen LogP contribution in [-0.2, 0) is 4.79 Å². The largest absolute Gasteiger partial charge is 0.454 e. The number of fused-ring (bicyclic) bond motifs is 1. The highest BCUT2D eigenvalue weighted by Gasteiger charge is 2.17. The van der Waals surface area contributed by atoms with Gasteiger partial charge < -0.3 is 15.2 Å². The number of carbonyl (C=O) groups excluding carboxylic acids is 1. The zero-order valence-corrected chi connectivity index (χ0v) is 12.9. The quantitative estimate of drug-likeness (QED) is 0.788. The van der Waals surface area contributed by atoms with Crippen LogP contribution in [0.25, 0.3) is 0 Å². The van der Waals surface area contributed by atoms with E-state index in [1.165, 1.54) is 11.8 Å². The number of thioether (sulfide) groups is 1. The van der Waals surface area contributed by atoms with Crippen molar-refractivity contribution in [3.8, 4) is 11.5 Å². The number of hydrazine groups is 1. The standard InChI is InChI=1S/C12H17N3O3S.ClH/c1-15(14-12(16)9(13)6-19-2)8-3-4-10-11(5-8)18-7-17-10;/h3-5,9H,6-7,13H2,1-2H3,(H,14,16);1H/t9-;/m0./s1. The molecule has 0 fully saturated rings. The van der Waals surface area contributed by atoms with Gasteiger partial charge in [0.15, 0.2) is 11.5 Å². The van der Waals surface area contributed by atoms with E-state index in [1.807, 2.05) is 24.5 Å². The Morgan fingerprint density at radius 2 is 2.20 bits per heavy atom. The Hall–Kier alpha value is -1.31. The summed E-state index contributed by atoms with van der Waals surface area (Å²) in [6, 6.07) is 4.94. The number of nitrogens with one attached hydrogen (secondary N) is 1. The van der Waals surface area contributed by atoms with Crippen LogP contribution in [0, 0.1) is 0 Å². The van der Waals surface area contributed by atoms with Crippen molar-refractivity contribution in [2.75, 3.05) is 30.9 Å². The van der Waals surface area contributed by atoms with E-state index in [1.54, 1.807) is 12.1 Å². The molecule has 0 aromatic heterocycles. The van der Waals surface area contributed by atoms with Crippen molar-refractivity contribution in [2.45, 2.75) is 6.04 Å². The smallest absolute Gasteiger partial charge is 0.256 e. The van der Waals surface area contributed by atoms with E-state index < -0.39 is 6.04 Å². The molecular weight excluding hydrogens is 302 g/mol. The molecule has 0 unspecified atom stereocenters. The maximum Gasteiger partial charge on any atom is 0.256 e. The minimum Gasteiger partial charge on any atom is -0.454 e. The second-order valence-corrected chi connectivity index (χ2v) is 5.05. The van der Waals surface area contributed by atoms with Crippen LogP contribution < -0.4 is 25.6 Å². The summed E-state index contributed by atoms with van der Waals surface area (Å²) in [5, 5.41) is 1.62. The van der Waals surface area contributed by atoms with E-state index in [2.05, 4.69) is 5.43 Å². The molecule has 20 heavy (non-hydrogen) atoms. The van der Waals surface area contributed by atoms with Crippen LogP contribution in [0.1, 0.15) is 0 Å². The summed E-state index contributed by atoms with van der Waals surface area (Å²) in [4.78, 5) is 11.8. The van der Waals surface area contributed by atoms with Crippen LogP contribution in [0.2, 0.25) is 0 Å². The highest BCUT2D eigenvalue weighted by Crippen LogP contribution is 2.34. The highest BCUT2D eigenvalue weighted by molar-refractivity contribution is 7.98.